The molecule has 0 heterocycles. The standard InChI is InChI=1S/C11H13ClF3NO/c1-7(6-17-2)16-10-5-8(11(13,14)15)3-4-9(10)12/h3-5,7,16H,6H2,1-2H3. The largest absolute Gasteiger partial charge is 0.416 e. The van der Waals surface area contributed by atoms with Crippen molar-refractivity contribution in [3.05, 3.63) is 28.8 Å². The third-order valence-corrected chi connectivity index (χ3v) is 2.44. The van der Waals surface area contributed by atoms with E-state index in [0.717, 1.165) is 12.1 Å². The molecule has 1 unspecified atom stereocenters. The van der Waals surface area contributed by atoms with Crippen molar-refractivity contribution in [2.75, 3.05) is 19.0 Å². The lowest BCUT2D eigenvalue weighted by atomic mass is 10.2. The van der Waals surface area contributed by atoms with Crippen LogP contribution in [0.5, 0.6) is 0 Å². The normalized spacial score (nSPS) is 13.5. The first-order valence-corrected chi connectivity index (χ1v) is 5.34. The van der Waals surface area contributed by atoms with Gasteiger partial charge in [0.15, 0.2) is 0 Å². The number of halogens is 4. The molecule has 0 bridgehead atoms. The van der Waals surface area contributed by atoms with Gasteiger partial charge < -0.3 is 10.1 Å². The number of anilines is 1. The Morgan fingerprint density at radius 1 is 1.41 bits per heavy atom. The van der Waals surface area contributed by atoms with Crippen molar-refractivity contribution in [2.45, 2.75) is 19.1 Å². The number of hydrogen-bond donors (Lipinski definition) is 1. The van der Waals surface area contributed by atoms with Gasteiger partial charge in [-0.3, -0.25) is 0 Å². The van der Waals surface area contributed by atoms with Crippen LogP contribution in [0, 0.1) is 0 Å². The Labute approximate surface area is 103 Å². The smallest absolute Gasteiger partial charge is 0.383 e. The lowest BCUT2D eigenvalue weighted by Gasteiger charge is -2.17. The molecule has 0 amide bonds. The molecule has 0 aliphatic rings. The van der Waals surface area contributed by atoms with Crippen LogP contribution < -0.4 is 5.32 Å². The summed E-state index contributed by atoms with van der Waals surface area (Å²) in [6, 6.07) is 3.05. The van der Waals surface area contributed by atoms with Crippen LogP contribution in [-0.2, 0) is 10.9 Å². The summed E-state index contributed by atoms with van der Waals surface area (Å²) < 4.78 is 42.4. The fraction of sp³-hybridized carbons (Fsp3) is 0.455. The number of rotatable bonds is 4. The van der Waals surface area contributed by atoms with Gasteiger partial charge in [-0.1, -0.05) is 11.6 Å². The van der Waals surface area contributed by atoms with Gasteiger partial charge in [-0.2, -0.15) is 13.2 Å². The third kappa shape index (κ3) is 4.09. The quantitative estimate of drug-likeness (QED) is 0.896. The molecule has 0 radical (unpaired) electrons. The van der Waals surface area contributed by atoms with E-state index in [0.29, 0.717) is 6.61 Å². The Kier molecular flexibility index (Phi) is 4.65. The molecule has 1 aromatic rings. The van der Waals surface area contributed by atoms with E-state index >= 15 is 0 Å². The number of benzene rings is 1. The predicted molar refractivity (Wildman–Crippen MR) is 61.4 cm³/mol. The maximum Gasteiger partial charge on any atom is 0.416 e. The summed E-state index contributed by atoms with van der Waals surface area (Å²) in [4.78, 5) is 0. The van der Waals surface area contributed by atoms with E-state index < -0.39 is 11.7 Å². The van der Waals surface area contributed by atoms with Gasteiger partial charge >= 0.3 is 6.18 Å². The third-order valence-electron chi connectivity index (χ3n) is 2.11. The Hall–Kier alpha value is -0.940. The van der Waals surface area contributed by atoms with Gasteiger partial charge in [-0.05, 0) is 25.1 Å². The lowest BCUT2D eigenvalue weighted by Crippen LogP contribution is -2.21. The van der Waals surface area contributed by atoms with E-state index in [1.54, 1.807) is 6.92 Å². The Morgan fingerprint density at radius 3 is 2.59 bits per heavy atom. The first kappa shape index (κ1) is 14.1. The van der Waals surface area contributed by atoms with Gasteiger partial charge in [0.2, 0.25) is 0 Å². The zero-order valence-corrected chi connectivity index (χ0v) is 10.2. The molecule has 1 atom stereocenters. The lowest BCUT2D eigenvalue weighted by molar-refractivity contribution is -0.137. The molecule has 0 spiro atoms. The molecule has 0 saturated heterocycles. The van der Waals surface area contributed by atoms with Crippen LogP contribution >= 0.6 is 11.6 Å². The highest BCUT2D eigenvalue weighted by molar-refractivity contribution is 6.33. The highest BCUT2D eigenvalue weighted by Crippen LogP contribution is 2.33. The summed E-state index contributed by atoms with van der Waals surface area (Å²) in [7, 11) is 1.52. The highest BCUT2D eigenvalue weighted by atomic mass is 35.5. The molecule has 2 nitrogen and oxygen atoms in total. The number of ether oxygens (including phenoxy) is 1. The second-order valence-electron chi connectivity index (χ2n) is 3.69. The second kappa shape index (κ2) is 5.60. The molecule has 0 aliphatic heterocycles. The molecule has 0 fully saturated rings. The maximum atomic E-state index is 12.5. The molecule has 0 aromatic heterocycles. The van der Waals surface area contributed by atoms with Crippen LogP contribution in [0.15, 0.2) is 18.2 Å². The van der Waals surface area contributed by atoms with Gasteiger partial charge in [0.25, 0.3) is 0 Å². The molecule has 1 N–H and O–H groups in total. The zero-order chi connectivity index (χ0) is 13.1. The van der Waals surface area contributed by atoms with Crippen LogP contribution in [-0.4, -0.2) is 19.8 Å². The summed E-state index contributed by atoms with van der Waals surface area (Å²) >= 11 is 5.82. The minimum absolute atomic E-state index is 0.124. The van der Waals surface area contributed by atoms with Crippen molar-refractivity contribution in [1.82, 2.24) is 0 Å². The SMILES string of the molecule is COCC(C)Nc1cc(C(F)(F)F)ccc1Cl. The fourth-order valence-electron chi connectivity index (χ4n) is 1.37. The van der Waals surface area contributed by atoms with E-state index in [4.69, 9.17) is 16.3 Å². The number of methoxy groups -OCH3 is 1. The Balaban J connectivity index is 2.91. The van der Waals surface area contributed by atoms with Crippen molar-refractivity contribution < 1.29 is 17.9 Å². The van der Waals surface area contributed by atoms with Crippen molar-refractivity contribution in [3.8, 4) is 0 Å². The molecular formula is C11H13ClF3NO. The van der Waals surface area contributed by atoms with Crippen LogP contribution in [0.4, 0.5) is 18.9 Å². The van der Waals surface area contributed by atoms with E-state index in [-0.39, 0.29) is 16.8 Å². The molecule has 6 heteroatoms. The van der Waals surface area contributed by atoms with Crippen LogP contribution in [0.3, 0.4) is 0 Å². The topological polar surface area (TPSA) is 21.3 Å². The van der Waals surface area contributed by atoms with Gasteiger partial charge in [-0.25, -0.2) is 0 Å². The van der Waals surface area contributed by atoms with Gasteiger partial charge in [-0.15, -0.1) is 0 Å². The van der Waals surface area contributed by atoms with Crippen molar-refractivity contribution >= 4 is 17.3 Å². The predicted octanol–water partition coefficient (Wildman–Crippen LogP) is 3.81. The Morgan fingerprint density at radius 2 is 2.06 bits per heavy atom. The zero-order valence-electron chi connectivity index (χ0n) is 9.44. The average Bonchev–Trinajstić information content (AvgIpc) is 2.20. The van der Waals surface area contributed by atoms with Crippen LogP contribution in [0.25, 0.3) is 0 Å². The number of nitrogens with one attached hydrogen (secondary N) is 1. The minimum Gasteiger partial charge on any atom is -0.383 e. The summed E-state index contributed by atoms with van der Waals surface area (Å²) in [6.45, 7) is 2.17. The van der Waals surface area contributed by atoms with Gasteiger partial charge in [0.05, 0.1) is 22.9 Å². The molecule has 96 valence electrons. The highest BCUT2D eigenvalue weighted by Gasteiger charge is 2.31. The maximum absolute atomic E-state index is 12.5. The molecule has 1 aromatic carbocycles. The van der Waals surface area contributed by atoms with Crippen molar-refractivity contribution in [2.24, 2.45) is 0 Å². The van der Waals surface area contributed by atoms with E-state index in [2.05, 4.69) is 5.32 Å². The van der Waals surface area contributed by atoms with Gasteiger partial charge in [0, 0.05) is 13.2 Å². The van der Waals surface area contributed by atoms with E-state index in [9.17, 15) is 13.2 Å². The number of hydrogen-bond acceptors (Lipinski definition) is 2. The van der Waals surface area contributed by atoms with Crippen LogP contribution in [0.2, 0.25) is 5.02 Å². The van der Waals surface area contributed by atoms with Gasteiger partial charge in [0.1, 0.15) is 0 Å². The first-order chi connectivity index (χ1) is 7.84. The molecule has 17 heavy (non-hydrogen) atoms. The van der Waals surface area contributed by atoms with Crippen molar-refractivity contribution in [3.63, 3.8) is 0 Å². The summed E-state index contributed by atoms with van der Waals surface area (Å²) in [5.41, 5.74) is -0.472. The fourth-order valence-corrected chi connectivity index (χ4v) is 1.54. The summed E-state index contributed by atoms with van der Waals surface area (Å²) in [5, 5.41) is 3.12. The van der Waals surface area contributed by atoms with Crippen LogP contribution in [0.1, 0.15) is 12.5 Å². The summed E-state index contributed by atoms with van der Waals surface area (Å²) in [6.07, 6.45) is -4.37. The number of alkyl halides is 3. The molecule has 0 saturated carbocycles. The first-order valence-electron chi connectivity index (χ1n) is 4.97. The van der Waals surface area contributed by atoms with E-state index in [1.807, 2.05) is 0 Å². The molecule has 1 rings (SSSR count). The second-order valence-corrected chi connectivity index (χ2v) is 4.10. The monoisotopic (exact) mass is 267 g/mol. The summed E-state index contributed by atoms with van der Waals surface area (Å²) in [5.74, 6) is 0. The molecular weight excluding hydrogens is 255 g/mol. The molecule has 0 aliphatic carbocycles. The Bertz CT molecular complexity index is 381. The average molecular weight is 268 g/mol. The van der Waals surface area contributed by atoms with Crippen molar-refractivity contribution in [1.29, 1.82) is 0 Å². The minimum atomic E-state index is -4.37. The van der Waals surface area contributed by atoms with E-state index in [1.165, 1.54) is 13.2 Å².